The number of para-hydroxylation sites is 1. The summed E-state index contributed by atoms with van der Waals surface area (Å²) >= 11 is 0. The highest BCUT2D eigenvalue weighted by atomic mass is 19.1. The quantitative estimate of drug-likeness (QED) is 0.598. The lowest BCUT2D eigenvalue weighted by Gasteiger charge is -2.11. The summed E-state index contributed by atoms with van der Waals surface area (Å²) in [6.07, 6.45) is -1.40. The van der Waals surface area contributed by atoms with Crippen LogP contribution in [0.1, 0.15) is 11.7 Å². The molecule has 2 rings (SSSR count). The molecule has 0 saturated heterocycles. The van der Waals surface area contributed by atoms with E-state index in [1.807, 2.05) is 18.2 Å². The fraction of sp³-hybridized carbons (Fsp3) is 0.133. The Labute approximate surface area is 120 Å². The van der Waals surface area contributed by atoms with Gasteiger partial charge < -0.3 is 16.2 Å². The molecule has 0 spiro atoms. The van der Waals surface area contributed by atoms with Gasteiger partial charge in [0.1, 0.15) is 17.7 Å². The summed E-state index contributed by atoms with van der Waals surface area (Å²) in [5.74, 6) is -1.57. The highest BCUT2D eigenvalue weighted by molar-refractivity contribution is 5.92. The maximum atomic E-state index is 13.5. The smallest absolute Gasteiger partial charge is 0.193 e. The molecule has 1 unspecified atom stereocenters. The number of guanidine groups is 1. The van der Waals surface area contributed by atoms with E-state index < -0.39 is 23.3 Å². The monoisotopic (exact) mass is 291 g/mol. The molecular formula is C15H15F2N3O. The van der Waals surface area contributed by atoms with Crippen LogP contribution in [0.2, 0.25) is 0 Å². The van der Waals surface area contributed by atoms with Crippen molar-refractivity contribution in [2.75, 3.05) is 11.9 Å². The first-order valence-electron chi connectivity index (χ1n) is 6.32. The summed E-state index contributed by atoms with van der Waals surface area (Å²) in [5.41, 5.74) is 5.97. The van der Waals surface area contributed by atoms with Crippen molar-refractivity contribution in [3.63, 3.8) is 0 Å². The highest BCUT2D eigenvalue weighted by Crippen LogP contribution is 2.20. The zero-order chi connectivity index (χ0) is 15.2. The van der Waals surface area contributed by atoms with Crippen LogP contribution in [0.15, 0.2) is 53.5 Å². The molecule has 0 aliphatic heterocycles. The Bertz CT molecular complexity index is 612. The number of nitrogens with zero attached hydrogens (tertiary/aromatic N) is 1. The van der Waals surface area contributed by atoms with Gasteiger partial charge in [-0.15, -0.1) is 0 Å². The fourth-order valence-electron chi connectivity index (χ4n) is 1.81. The molecule has 0 amide bonds. The SMILES string of the molecule is NC(=NCC(O)c1c(F)cccc1F)Nc1ccccc1. The molecule has 0 aliphatic carbocycles. The molecule has 110 valence electrons. The lowest BCUT2D eigenvalue weighted by Crippen LogP contribution is -2.23. The van der Waals surface area contributed by atoms with Crippen LogP contribution in [0.25, 0.3) is 0 Å². The number of halogens is 2. The van der Waals surface area contributed by atoms with Gasteiger partial charge in [0.05, 0.1) is 12.1 Å². The summed E-state index contributed by atoms with van der Waals surface area (Å²) in [6.45, 7) is -0.247. The molecule has 21 heavy (non-hydrogen) atoms. The third-order valence-electron chi connectivity index (χ3n) is 2.81. The van der Waals surface area contributed by atoms with Crippen molar-refractivity contribution in [1.82, 2.24) is 0 Å². The molecule has 6 heteroatoms. The molecule has 4 nitrogen and oxygen atoms in total. The first-order chi connectivity index (χ1) is 10.1. The van der Waals surface area contributed by atoms with E-state index in [1.165, 1.54) is 6.07 Å². The van der Waals surface area contributed by atoms with Crippen molar-refractivity contribution in [2.45, 2.75) is 6.10 Å². The second-order valence-corrected chi connectivity index (χ2v) is 4.37. The number of anilines is 1. The van der Waals surface area contributed by atoms with E-state index >= 15 is 0 Å². The molecule has 0 aromatic heterocycles. The van der Waals surface area contributed by atoms with Gasteiger partial charge in [0, 0.05) is 5.69 Å². The second-order valence-electron chi connectivity index (χ2n) is 4.37. The average molecular weight is 291 g/mol. The van der Waals surface area contributed by atoms with E-state index in [-0.39, 0.29) is 12.5 Å². The normalized spacial score (nSPS) is 13.0. The van der Waals surface area contributed by atoms with Gasteiger partial charge in [0.15, 0.2) is 5.96 Å². The molecule has 2 aromatic rings. The lowest BCUT2D eigenvalue weighted by atomic mass is 10.1. The summed E-state index contributed by atoms with van der Waals surface area (Å²) in [6, 6.07) is 12.5. The third kappa shape index (κ3) is 4.00. The first kappa shape index (κ1) is 14.9. The van der Waals surface area contributed by atoms with E-state index in [2.05, 4.69) is 10.3 Å². The number of hydrogen-bond donors (Lipinski definition) is 3. The summed E-state index contributed by atoms with van der Waals surface area (Å²) < 4.78 is 27.0. The molecule has 0 saturated carbocycles. The zero-order valence-electron chi connectivity index (χ0n) is 11.1. The largest absolute Gasteiger partial charge is 0.386 e. The number of nitrogens with one attached hydrogen (secondary N) is 1. The third-order valence-corrected chi connectivity index (χ3v) is 2.81. The van der Waals surface area contributed by atoms with Crippen LogP contribution in [0.4, 0.5) is 14.5 Å². The Hall–Kier alpha value is -2.47. The van der Waals surface area contributed by atoms with Crippen LogP contribution in [-0.2, 0) is 0 Å². The second kappa shape index (κ2) is 6.81. The predicted molar refractivity (Wildman–Crippen MR) is 77.9 cm³/mol. The standard InChI is InChI=1S/C15H15F2N3O/c16-11-7-4-8-12(17)14(11)13(21)9-19-15(18)20-10-5-2-1-3-6-10/h1-8,13,21H,9H2,(H3,18,19,20). The zero-order valence-corrected chi connectivity index (χ0v) is 11.1. The van der Waals surface area contributed by atoms with E-state index in [4.69, 9.17) is 5.73 Å². The minimum absolute atomic E-state index is 0.0528. The number of benzene rings is 2. The van der Waals surface area contributed by atoms with Crippen LogP contribution in [0.3, 0.4) is 0 Å². The van der Waals surface area contributed by atoms with Crippen molar-refractivity contribution in [1.29, 1.82) is 0 Å². The Balaban J connectivity index is 2.03. The van der Waals surface area contributed by atoms with Crippen LogP contribution >= 0.6 is 0 Å². The van der Waals surface area contributed by atoms with Crippen LogP contribution < -0.4 is 11.1 Å². The molecule has 0 heterocycles. The minimum atomic E-state index is -1.40. The summed E-state index contributed by atoms with van der Waals surface area (Å²) in [4.78, 5) is 3.88. The van der Waals surface area contributed by atoms with E-state index in [9.17, 15) is 13.9 Å². The van der Waals surface area contributed by atoms with E-state index in [0.29, 0.717) is 0 Å². The van der Waals surface area contributed by atoms with Crippen molar-refractivity contribution in [3.8, 4) is 0 Å². The molecule has 2 aromatic carbocycles. The Kier molecular flexibility index (Phi) is 4.84. The van der Waals surface area contributed by atoms with Gasteiger partial charge >= 0.3 is 0 Å². The Morgan fingerprint density at radius 2 is 1.71 bits per heavy atom. The number of hydrogen-bond acceptors (Lipinski definition) is 2. The van der Waals surface area contributed by atoms with E-state index in [1.54, 1.807) is 12.1 Å². The van der Waals surface area contributed by atoms with Gasteiger partial charge in [-0.1, -0.05) is 24.3 Å². The molecular weight excluding hydrogens is 276 g/mol. The highest BCUT2D eigenvalue weighted by Gasteiger charge is 2.17. The summed E-state index contributed by atoms with van der Waals surface area (Å²) in [7, 11) is 0. The molecule has 0 fully saturated rings. The minimum Gasteiger partial charge on any atom is -0.386 e. The van der Waals surface area contributed by atoms with Crippen molar-refractivity contribution in [2.24, 2.45) is 10.7 Å². The van der Waals surface area contributed by atoms with E-state index in [0.717, 1.165) is 17.8 Å². The number of nitrogens with two attached hydrogens (primary N) is 1. The van der Waals surface area contributed by atoms with Crippen molar-refractivity contribution < 1.29 is 13.9 Å². The number of aliphatic hydroxyl groups is 1. The van der Waals surface area contributed by atoms with Crippen LogP contribution in [-0.4, -0.2) is 17.6 Å². The van der Waals surface area contributed by atoms with Crippen LogP contribution in [0, 0.1) is 11.6 Å². The van der Waals surface area contributed by atoms with Crippen molar-refractivity contribution in [3.05, 3.63) is 65.7 Å². The molecule has 0 aliphatic rings. The van der Waals surface area contributed by atoms with Gasteiger partial charge in [-0.25, -0.2) is 8.78 Å². The Morgan fingerprint density at radius 3 is 2.33 bits per heavy atom. The van der Waals surface area contributed by atoms with Crippen LogP contribution in [0.5, 0.6) is 0 Å². The molecule has 1 atom stereocenters. The molecule has 0 radical (unpaired) electrons. The van der Waals surface area contributed by atoms with Gasteiger partial charge in [0.2, 0.25) is 0 Å². The number of aliphatic imine (C=N–C) groups is 1. The van der Waals surface area contributed by atoms with Gasteiger partial charge in [-0.2, -0.15) is 0 Å². The lowest BCUT2D eigenvalue weighted by molar-refractivity contribution is 0.177. The maximum absolute atomic E-state index is 13.5. The maximum Gasteiger partial charge on any atom is 0.193 e. The van der Waals surface area contributed by atoms with Gasteiger partial charge in [0.25, 0.3) is 0 Å². The first-order valence-corrected chi connectivity index (χ1v) is 6.32. The predicted octanol–water partition coefficient (Wildman–Crippen LogP) is 2.43. The van der Waals surface area contributed by atoms with Gasteiger partial charge in [-0.05, 0) is 24.3 Å². The fourth-order valence-corrected chi connectivity index (χ4v) is 1.81. The molecule has 0 bridgehead atoms. The number of aliphatic hydroxyl groups excluding tert-OH is 1. The number of rotatable bonds is 4. The Morgan fingerprint density at radius 1 is 1.10 bits per heavy atom. The summed E-state index contributed by atoms with van der Waals surface area (Å²) in [5, 5.41) is 12.6. The molecule has 4 N–H and O–H groups in total. The van der Waals surface area contributed by atoms with Crippen molar-refractivity contribution >= 4 is 11.6 Å². The average Bonchev–Trinajstić information content (AvgIpc) is 2.46. The topological polar surface area (TPSA) is 70.6 Å². The van der Waals surface area contributed by atoms with Gasteiger partial charge in [-0.3, -0.25) is 4.99 Å².